The Bertz CT molecular complexity index is 1370. The van der Waals surface area contributed by atoms with Crippen LogP contribution in [-0.4, -0.2) is 42.5 Å². The smallest absolute Gasteiger partial charge is 0.254 e. The van der Waals surface area contributed by atoms with Crippen molar-refractivity contribution in [2.75, 3.05) is 23.6 Å². The van der Waals surface area contributed by atoms with E-state index >= 15 is 0 Å². The monoisotopic (exact) mass is 507 g/mol. The predicted molar refractivity (Wildman–Crippen MR) is 139 cm³/mol. The van der Waals surface area contributed by atoms with Crippen molar-refractivity contribution in [1.82, 2.24) is 0 Å². The van der Waals surface area contributed by atoms with E-state index in [-0.39, 0.29) is 17.7 Å². The lowest BCUT2D eigenvalue weighted by Gasteiger charge is -2.23. The first kappa shape index (κ1) is 23.5. The fraction of sp³-hybridized carbons (Fsp3) is 0.222. The first-order valence-corrected chi connectivity index (χ1v) is 12.0. The number of aliphatic hydroxyl groups excluding tert-OH is 1. The first-order chi connectivity index (χ1) is 16.8. The van der Waals surface area contributed by atoms with Gasteiger partial charge in [-0.05, 0) is 54.4 Å². The van der Waals surface area contributed by atoms with Gasteiger partial charge in [0.15, 0.2) is 0 Å². The fourth-order valence-corrected chi connectivity index (χ4v) is 5.05. The summed E-state index contributed by atoms with van der Waals surface area (Å²) in [5.74, 6) is -0.500. The lowest BCUT2D eigenvalue weighted by Crippen LogP contribution is -2.39. The average Bonchev–Trinajstić information content (AvgIpc) is 3.00. The Labute approximate surface area is 213 Å². The van der Waals surface area contributed by atoms with Crippen molar-refractivity contribution in [3.05, 3.63) is 93.0 Å². The van der Waals surface area contributed by atoms with E-state index in [1.807, 2.05) is 37.3 Å². The van der Waals surface area contributed by atoms with Crippen LogP contribution >= 0.6 is 23.2 Å². The van der Waals surface area contributed by atoms with Crippen LogP contribution in [0.3, 0.4) is 0 Å². The third-order valence-electron chi connectivity index (χ3n) is 6.66. The molecule has 1 N–H and O–H groups in total. The molecule has 2 atom stereocenters. The maximum absolute atomic E-state index is 13.5. The van der Waals surface area contributed by atoms with Crippen LogP contribution in [0.1, 0.15) is 35.1 Å². The van der Waals surface area contributed by atoms with Crippen molar-refractivity contribution >= 4 is 52.1 Å². The molecule has 0 saturated heterocycles. The van der Waals surface area contributed by atoms with Crippen molar-refractivity contribution in [1.29, 1.82) is 0 Å². The number of carbonyl (C=O) groups is 2. The van der Waals surface area contributed by atoms with Crippen LogP contribution in [0.4, 0.5) is 11.4 Å². The van der Waals surface area contributed by atoms with E-state index in [1.165, 1.54) is 4.90 Å². The summed E-state index contributed by atoms with van der Waals surface area (Å²) in [6.07, 6.45) is 0.331. The summed E-state index contributed by atoms with van der Waals surface area (Å²) in [6.45, 7) is 1.40. The third-order valence-corrected chi connectivity index (χ3v) is 7.14. The van der Waals surface area contributed by atoms with Gasteiger partial charge in [-0.3, -0.25) is 19.5 Å². The summed E-state index contributed by atoms with van der Waals surface area (Å²) in [7, 11) is 1.76. The Morgan fingerprint density at radius 2 is 1.63 bits per heavy atom. The molecule has 8 heteroatoms. The van der Waals surface area contributed by atoms with Crippen molar-refractivity contribution in [3.8, 4) is 0 Å². The summed E-state index contributed by atoms with van der Waals surface area (Å²) < 4.78 is 0. The highest BCUT2D eigenvalue weighted by Gasteiger charge is 2.35. The van der Waals surface area contributed by atoms with E-state index in [1.54, 1.807) is 42.3 Å². The Morgan fingerprint density at radius 1 is 0.914 bits per heavy atom. The number of fused-ring (bicyclic) bond motifs is 2. The highest BCUT2D eigenvalue weighted by Crippen LogP contribution is 2.38. The number of carbonyl (C=O) groups excluding carboxylic acids is 2. The Balaban J connectivity index is 1.68. The molecule has 3 aromatic rings. The molecule has 2 amide bonds. The minimum absolute atomic E-state index is 0.0330. The van der Waals surface area contributed by atoms with E-state index in [2.05, 4.69) is 0 Å². The molecule has 0 radical (unpaired) electrons. The van der Waals surface area contributed by atoms with Gasteiger partial charge in [0.1, 0.15) is 12.8 Å². The number of amides is 2. The minimum Gasteiger partial charge on any atom is -0.376 e. The second-order valence-corrected chi connectivity index (χ2v) is 9.66. The lowest BCUT2D eigenvalue weighted by atomic mass is 9.96. The molecule has 0 aliphatic carbocycles. The number of anilines is 2. The summed E-state index contributed by atoms with van der Waals surface area (Å²) in [5, 5.41) is 11.3. The number of likely N-dealkylation sites (N-methyl/N-ethyl adjacent to an activating group) is 1. The Hall–Kier alpha value is -3.19. The SMILES string of the molecule is CC1C(=O)N(C)c2cc(C3=NC(Cc4ccc(Cl)cc4)C(=O)N(CO)c4ccc(Cl)cc43)ccc21. The molecule has 2 aliphatic heterocycles. The van der Waals surface area contributed by atoms with E-state index in [4.69, 9.17) is 28.2 Å². The molecule has 0 aromatic heterocycles. The molecule has 2 aliphatic rings. The molecule has 0 saturated carbocycles. The third kappa shape index (κ3) is 4.12. The lowest BCUT2D eigenvalue weighted by molar-refractivity contribution is -0.120. The zero-order chi connectivity index (χ0) is 24.9. The number of rotatable bonds is 4. The van der Waals surface area contributed by atoms with Crippen molar-refractivity contribution in [3.63, 3.8) is 0 Å². The normalized spacial score (nSPS) is 19.4. The predicted octanol–water partition coefficient (Wildman–Crippen LogP) is 4.82. The number of halogens is 2. The van der Waals surface area contributed by atoms with Gasteiger partial charge in [0.25, 0.3) is 5.91 Å². The van der Waals surface area contributed by atoms with Crippen molar-refractivity contribution < 1.29 is 14.7 Å². The number of nitrogens with zero attached hydrogens (tertiary/aromatic N) is 3. The van der Waals surface area contributed by atoms with Crippen LogP contribution in [0.25, 0.3) is 0 Å². The highest BCUT2D eigenvalue weighted by molar-refractivity contribution is 6.32. The Morgan fingerprint density at radius 3 is 2.34 bits per heavy atom. The number of benzene rings is 3. The van der Waals surface area contributed by atoms with Crippen LogP contribution in [-0.2, 0) is 16.0 Å². The number of hydrogen-bond acceptors (Lipinski definition) is 4. The summed E-state index contributed by atoms with van der Waals surface area (Å²) in [4.78, 5) is 34.0. The van der Waals surface area contributed by atoms with E-state index in [9.17, 15) is 14.7 Å². The molecular weight excluding hydrogens is 485 g/mol. The largest absolute Gasteiger partial charge is 0.376 e. The second-order valence-electron chi connectivity index (χ2n) is 8.79. The van der Waals surface area contributed by atoms with E-state index in [0.29, 0.717) is 33.4 Å². The van der Waals surface area contributed by atoms with Crippen molar-refractivity contribution in [2.24, 2.45) is 4.99 Å². The van der Waals surface area contributed by atoms with Gasteiger partial charge in [0.2, 0.25) is 5.91 Å². The molecule has 2 unspecified atom stereocenters. The van der Waals surface area contributed by atoms with Gasteiger partial charge >= 0.3 is 0 Å². The first-order valence-electron chi connectivity index (χ1n) is 11.2. The van der Waals surface area contributed by atoms with Gasteiger partial charge in [-0.1, -0.05) is 47.5 Å². The van der Waals surface area contributed by atoms with Crippen LogP contribution in [0.15, 0.2) is 65.7 Å². The molecule has 5 rings (SSSR count). The van der Waals surface area contributed by atoms with Gasteiger partial charge < -0.3 is 10.0 Å². The molecular formula is C27H23Cl2N3O3. The number of aliphatic imine (C=N–C) groups is 1. The molecule has 0 spiro atoms. The molecule has 6 nitrogen and oxygen atoms in total. The average molecular weight is 508 g/mol. The Kier molecular flexibility index (Phi) is 6.13. The maximum atomic E-state index is 13.5. The van der Waals surface area contributed by atoms with Gasteiger partial charge in [0.05, 0.1) is 17.3 Å². The fourth-order valence-electron chi connectivity index (χ4n) is 4.75. The molecule has 35 heavy (non-hydrogen) atoms. The quantitative estimate of drug-likeness (QED) is 0.550. The van der Waals surface area contributed by atoms with E-state index in [0.717, 1.165) is 22.4 Å². The molecule has 178 valence electrons. The minimum atomic E-state index is -0.781. The van der Waals surface area contributed by atoms with Gasteiger partial charge in [0, 0.05) is 40.3 Å². The molecule has 2 heterocycles. The van der Waals surface area contributed by atoms with Crippen LogP contribution < -0.4 is 9.80 Å². The highest BCUT2D eigenvalue weighted by atomic mass is 35.5. The summed E-state index contributed by atoms with van der Waals surface area (Å²) in [6, 6.07) is 17.4. The second kappa shape index (κ2) is 9.11. The molecule has 0 fully saturated rings. The van der Waals surface area contributed by atoms with E-state index < -0.39 is 12.8 Å². The zero-order valence-corrected chi connectivity index (χ0v) is 20.7. The number of benzodiazepines with no additional fused rings is 1. The maximum Gasteiger partial charge on any atom is 0.254 e. The molecule has 3 aromatic carbocycles. The van der Waals surface area contributed by atoms with Crippen molar-refractivity contribution in [2.45, 2.75) is 25.3 Å². The summed E-state index contributed by atoms with van der Waals surface area (Å²) in [5.41, 5.74) is 5.16. The van der Waals surface area contributed by atoms with Crippen LogP contribution in [0.5, 0.6) is 0 Å². The zero-order valence-electron chi connectivity index (χ0n) is 19.2. The number of hydrogen-bond donors (Lipinski definition) is 1. The molecule has 0 bridgehead atoms. The van der Waals surface area contributed by atoms with Crippen LogP contribution in [0.2, 0.25) is 10.0 Å². The van der Waals surface area contributed by atoms with Gasteiger partial charge in [-0.15, -0.1) is 0 Å². The standard InChI is InChI=1S/C27H23Cl2N3O3/c1-15-20-9-5-17(12-24(20)31(2)26(15)34)25-21-13-19(29)8-10-23(21)32(14-33)27(35)22(30-25)11-16-3-6-18(28)7-4-16/h3-10,12-13,15,22,33H,11,14H2,1-2H3. The summed E-state index contributed by atoms with van der Waals surface area (Å²) >= 11 is 12.4. The van der Waals surface area contributed by atoms with Crippen LogP contribution in [0, 0.1) is 0 Å². The topological polar surface area (TPSA) is 73.2 Å². The van der Waals surface area contributed by atoms with Gasteiger partial charge in [-0.2, -0.15) is 0 Å². The number of aliphatic hydroxyl groups is 1. The van der Waals surface area contributed by atoms with Gasteiger partial charge in [-0.25, -0.2) is 0 Å².